The summed E-state index contributed by atoms with van der Waals surface area (Å²) in [5.41, 5.74) is 3.86. The van der Waals surface area contributed by atoms with Crippen LogP contribution in [0.5, 0.6) is 5.75 Å². The molecule has 3 N–H and O–H groups in total. The van der Waals surface area contributed by atoms with Crippen LogP contribution in [-0.4, -0.2) is 54.5 Å². The number of benzene rings is 1. The van der Waals surface area contributed by atoms with E-state index in [1.54, 1.807) is 12.4 Å². The molecule has 0 saturated carbocycles. The summed E-state index contributed by atoms with van der Waals surface area (Å²) in [6.07, 6.45) is 4.64. The molecule has 8 nitrogen and oxygen atoms in total. The van der Waals surface area contributed by atoms with Gasteiger partial charge in [-0.25, -0.2) is 0 Å². The molecule has 2 aliphatic rings. The summed E-state index contributed by atoms with van der Waals surface area (Å²) < 4.78 is 17.1. The van der Waals surface area contributed by atoms with Crippen molar-refractivity contribution >= 4 is 40.4 Å². The lowest BCUT2D eigenvalue weighted by Gasteiger charge is -2.28. The lowest BCUT2D eigenvalue weighted by Crippen LogP contribution is -2.44. The van der Waals surface area contributed by atoms with Crippen molar-refractivity contribution in [1.29, 1.82) is 0 Å². The smallest absolute Gasteiger partial charge is 0.256 e. The molecule has 36 heavy (non-hydrogen) atoms. The average molecular weight is 531 g/mol. The highest BCUT2D eigenvalue weighted by Crippen LogP contribution is 2.27. The maximum absolute atomic E-state index is 13.0. The number of nitrogens with one attached hydrogen (secondary N) is 3. The van der Waals surface area contributed by atoms with Gasteiger partial charge in [-0.2, -0.15) is 0 Å². The summed E-state index contributed by atoms with van der Waals surface area (Å²) in [5.74, 6) is 0.441. The van der Waals surface area contributed by atoms with Crippen molar-refractivity contribution in [2.45, 2.75) is 45.4 Å². The van der Waals surface area contributed by atoms with Gasteiger partial charge in [-0.3, -0.25) is 9.78 Å². The SMILES string of the molecule is CCc1c(Cl)cccc1NC(=S)C1=C(NCc2ccncc2OC[C@@H]2COCCO2)C[C@@H](C)NC1=O. The summed E-state index contributed by atoms with van der Waals surface area (Å²) in [5, 5.41) is 10.3. The first kappa shape index (κ1) is 26.3. The number of halogens is 1. The van der Waals surface area contributed by atoms with Crippen molar-refractivity contribution in [1.82, 2.24) is 15.6 Å². The van der Waals surface area contributed by atoms with Crippen LogP contribution in [0.1, 0.15) is 31.4 Å². The molecule has 2 atom stereocenters. The van der Waals surface area contributed by atoms with E-state index in [0.29, 0.717) is 60.7 Å². The second-order valence-electron chi connectivity index (χ2n) is 8.72. The van der Waals surface area contributed by atoms with E-state index in [-0.39, 0.29) is 18.1 Å². The van der Waals surface area contributed by atoms with Gasteiger partial charge >= 0.3 is 0 Å². The van der Waals surface area contributed by atoms with Crippen molar-refractivity contribution in [3.8, 4) is 5.75 Å². The predicted molar refractivity (Wildman–Crippen MR) is 143 cm³/mol. The van der Waals surface area contributed by atoms with Crippen molar-refractivity contribution in [3.05, 3.63) is 64.1 Å². The predicted octanol–water partition coefficient (Wildman–Crippen LogP) is 3.78. The van der Waals surface area contributed by atoms with E-state index < -0.39 is 0 Å². The molecule has 0 spiro atoms. The fourth-order valence-electron chi connectivity index (χ4n) is 4.22. The fourth-order valence-corrected chi connectivity index (χ4v) is 4.85. The van der Waals surface area contributed by atoms with E-state index in [9.17, 15) is 4.79 Å². The number of aromatic nitrogens is 1. The number of amides is 1. The molecular formula is C26H31ClN4O4S. The third-order valence-corrected chi connectivity index (χ3v) is 6.70. The van der Waals surface area contributed by atoms with E-state index in [0.717, 1.165) is 28.9 Å². The standard InChI is InChI=1S/C26H31ClN4O4S/c1-3-19-20(27)5-4-6-21(19)31-26(36)24-22(11-16(2)30-25(24)32)29-12-17-7-8-28-13-23(17)35-15-18-14-33-9-10-34-18/h4-8,13,16,18,29H,3,9-12,14-15H2,1-2H3,(H,30,32)(H,31,36)/t16-,18+/m1/s1. The fraction of sp³-hybridized carbons (Fsp3) is 0.423. The molecular weight excluding hydrogens is 500 g/mol. The maximum Gasteiger partial charge on any atom is 0.256 e. The van der Waals surface area contributed by atoms with Gasteiger partial charge in [-0.1, -0.05) is 36.8 Å². The highest BCUT2D eigenvalue weighted by Gasteiger charge is 2.28. The van der Waals surface area contributed by atoms with Crippen LogP contribution in [0.25, 0.3) is 0 Å². The molecule has 0 aliphatic carbocycles. The number of carbonyl (C=O) groups is 1. The Hall–Kier alpha value is -2.72. The van der Waals surface area contributed by atoms with Crippen LogP contribution in [0.3, 0.4) is 0 Å². The zero-order valence-corrected chi connectivity index (χ0v) is 22.0. The van der Waals surface area contributed by atoms with Crippen LogP contribution < -0.4 is 20.7 Å². The summed E-state index contributed by atoms with van der Waals surface area (Å²) in [6, 6.07) is 7.48. The monoisotopic (exact) mass is 530 g/mol. The summed E-state index contributed by atoms with van der Waals surface area (Å²) in [6.45, 7) is 6.49. The second-order valence-corrected chi connectivity index (χ2v) is 9.54. The molecule has 2 aromatic rings. The van der Waals surface area contributed by atoms with Crippen LogP contribution in [0.2, 0.25) is 5.02 Å². The molecule has 1 saturated heterocycles. The van der Waals surface area contributed by atoms with E-state index in [1.807, 2.05) is 38.1 Å². The molecule has 1 aromatic heterocycles. The molecule has 1 fully saturated rings. The Morgan fingerprint density at radius 3 is 2.97 bits per heavy atom. The van der Waals surface area contributed by atoms with E-state index >= 15 is 0 Å². The number of hydrogen-bond donors (Lipinski definition) is 3. The Kier molecular flexibility index (Phi) is 9.14. The Morgan fingerprint density at radius 2 is 2.19 bits per heavy atom. The lowest BCUT2D eigenvalue weighted by molar-refractivity contribution is -0.118. The van der Waals surface area contributed by atoms with Gasteiger partial charge in [0.05, 0.1) is 31.6 Å². The van der Waals surface area contributed by atoms with Gasteiger partial charge in [0.1, 0.15) is 23.4 Å². The quantitative estimate of drug-likeness (QED) is 0.422. The second kappa shape index (κ2) is 12.5. The van der Waals surface area contributed by atoms with Crippen LogP contribution in [0, 0.1) is 0 Å². The van der Waals surface area contributed by atoms with E-state index in [4.69, 9.17) is 38.0 Å². The third kappa shape index (κ3) is 6.53. The van der Waals surface area contributed by atoms with Gasteiger partial charge in [-0.05, 0) is 37.1 Å². The van der Waals surface area contributed by atoms with Gasteiger partial charge in [0.2, 0.25) is 0 Å². The van der Waals surface area contributed by atoms with E-state index in [1.165, 1.54) is 0 Å². The zero-order valence-electron chi connectivity index (χ0n) is 20.4. The summed E-state index contributed by atoms with van der Waals surface area (Å²) in [4.78, 5) is 17.5. The minimum absolute atomic E-state index is 0.0273. The number of thiocarbonyl (C=S) groups is 1. The minimum Gasteiger partial charge on any atom is -0.489 e. The number of hydrogen-bond acceptors (Lipinski definition) is 7. The highest BCUT2D eigenvalue weighted by molar-refractivity contribution is 7.81. The number of ether oxygens (including phenoxy) is 3. The largest absolute Gasteiger partial charge is 0.489 e. The van der Waals surface area contributed by atoms with Crippen molar-refractivity contribution < 1.29 is 19.0 Å². The van der Waals surface area contributed by atoms with Gasteiger partial charge in [0.15, 0.2) is 0 Å². The van der Waals surface area contributed by atoms with Crippen molar-refractivity contribution in [3.63, 3.8) is 0 Å². The first-order valence-corrected chi connectivity index (χ1v) is 12.9. The maximum atomic E-state index is 13.0. The number of carbonyl (C=O) groups excluding carboxylic acids is 1. The number of rotatable bonds is 9. The van der Waals surface area contributed by atoms with E-state index in [2.05, 4.69) is 20.9 Å². The molecule has 0 bridgehead atoms. The lowest BCUT2D eigenvalue weighted by atomic mass is 10.0. The molecule has 3 heterocycles. The van der Waals surface area contributed by atoms with Crippen molar-refractivity contribution in [2.24, 2.45) is 0 Å². The van der Waals surface area contributed by atoms with Gasteiger partial charge < -0.3 is 30.2 Å². The first-order chi connectivity index (χ1) is 17.5. The number of anilines is 1. The molecule has 0 radical (unpaired) electrons. The normalized spacial score (nSPS) is 20.0. The Morgan fingerprint density at radius 1 is 1.33 bits per heavy atom. The number of nitrogens with zero attached hydrogens (tertiary/aromatic N) is 1. The Bertz CT molecular complexity index is 1140. The molecule has 1 aromatic carbocycles. The first-order valence-electron chi connectivity index (χ1n) is 12.1. The molecule has 10 heteroatoms. The zero-order chi connectivity index (χ0) is 25.5. The molecule has 4 rings (SSSR count). The molecule has 2 aliphatic heterocycles. The van der Waals surface area contributed by atoms with Crippen LogP contribution in [-0.2, 0) is 27.2 Å². The van der Waals surface area contributed by atoms with Gasteiger partial charge in [0, 0.05) is 47.2 Å². The third-order valence-electron chi connectivity index (χ3n) is 6.04. The van der Waals surface area contributed by atoms with Gasteiger partial charge in [0.25, 0.3) is 5.91 Å². The minimum atomic E-state index is -0.213. The topological polar surface area (TPSA) is 93.7 Å². The Balaban J connectivity index is 1.51. The summed E-state index contributed by atoms with van der Waals surface area (Å²) >= 11 is 12.1. The van der Waals surface area contributed by atoms with Crippen LogP contribution in [0.4, 0.5) is 5.69 Å². The highest BCUT2D eigenvalue weighted by atomic mass is 35.5. The number of pyridine rings is 1. The average Bonchev–Trinajstić information content (AvgIpc) is 2.87. The molecule has 192 valence electrons. The molecule has 0 unspecified atom stereocenters. The molecule has 1 amide bonds. The van der Waals surface area contributed by atoms with Gasteiger partial charge in [-0.15, -0.1) is 0 Å². The van der Waals surface area contributed by atoms with Crippen molar-refractivity contribution in [2.75, 3.05) is 31.7 Å². The van der Waals surface area contributed by atoms with Crippen LogP contribution >= 0.6 is 23.8 Å². The summed E-state index contributed by atoms with van der Waals surface area (Å²) in [7, 11) is 0. The van der Waals surface area contributed by atoms with Crippen LogP contribution in [0.15, 0.2) is 47.9 Å². The Labute approximate surface area is 221 Å².